The third-order valence-corrected chi connectivity index (χ3v) is 5.76. The van der Waals surface area contributed by atoms with Gasteiger partial charge in [-0.05, 0) is 24.3 Å². The molecule has 2 heterocycles. The minimum Gasteiger partial charge on any atom is -0.497 e. The Morgan fingerprint density at radius 2 is 2.00 bits per heavy atom. The quantitative estimate of drug-likeness (QED) is 0.374. The highest BCUT2D eigenvalue weighted by atomic mass is 32.2. The number of nitrogens with zero attached hydrogens (tertiary/aromatic N) is 3. The van der Waals surface area contributed by atoms with E-state index in [0.29, 0.717) is 5.13 Å². The zero-order valence-corrected chi connectivity index (χ0v) is 16.6. The SMILES string of the molecule is COc1ccc2nc(NC(=O)CSc3cc(-c4ccccc4)ncn3)sc2c1. The van der Waals surface area contributed by atoms with Gasteiger partial charge in [0.2, 0.25) is 5.91 Å². The van der Waals surface area contributed by atoms with E-state index in [1.807, 2.05) is 54.6 Å². The Balaban J connectivity index is 1.39. The largest absolute Gasteiger partial charge is 0.497 e. The number of carbonyl (C=O) groups is 1. The van der Waals surface area contributed by atoms with E-state index in [9.17, 15) is 4.79 Å². The van der Waals surface area contributed by atoms with Crippen molar-refractivity contribution in [1.29, 1.82) is 0 Å². The molecular weight excluding hydrogens is 392 g/mol. The van der Waals surface area contributed by atoms with Crippen molar-refractivity contribution >= 4 is 44.4 Å². The highest BCUT2D eigenvalue weighted by molar-refractivity contribution is 7.99. The molecule has 8 heteroatoms. The summed E-state index contributed by atoms with van der Waals surface area (Å²) < 4.78 is 6.18. The minimum atomic E-state index is -0.129. The highest BCUT2D eigenvalue weighted by Gasteiger charge is 2.10. The summed E-state index contributed by atoms with van der Waals surface area (Å²) in [4.78, 5) is 25.3. The van der Waals surface area contributed by atoms with Crippen molar-refractivity contribution < 1.29 is 9.53 Å². The van der Waals surface area contributed by atoms with Crippen molar-refractivity contribution in [2.24, 2.45) is 0 Å². The van der Waals surface area contributed by atoms with E-state index in [1.165, 1.54) is 29.4 Å². The Hall–Kier alpha value is -2.97. The van der Waals surface area contributed by atoms with E-state index in [0.717, 1.165) is 32.2 Å². The van der Waals surface area contributed by atoms with Gasteiger partial charge >= 0.3 is 0 Å². The Labute approximate surface area is 170 Å². The van der Waals surface area contributed by atoms with Gasteiger partial charge in [-0.3, -0.25) is 4.79 Å². The summed E-state index contributed by atoms with van der Waals surface area (Å²) in [5.41, 5.74) is 2.68. The Morgan fingerprint density at radius 3 is 2.82 bits per heavy atom. The third kappa shape index (κ3) is 4.29. The molecule has 4 aromatic rings. The first-order valence-electron chi connectivity index (χ1n) is 8.46. The van der Waals surface area contributed by atoms with Gasteiger partial charge in [-0.1, -0.05) is 53.4 Å². The number of methoxy groups -OCH3 is 1. The maximum atomic E-state index is 12.3. The molecule has 0 saturated carbocycles. The number of ether oxygens (including phenoxy) is 1. The molecule has 0 aliphatic heterocycles. The van der Waals surface area contributed by atoms with Gasteiger partial charge in [0, 0.05) is 5.56 Å². The van der Waals surface area contributed by atoms with Crippen LogP contribution in [0.3, 0.4) is 0 Å². The molecular formula is C20H16N4O2S2. The molecule has 0 aliphatic rings. The first-order valence-corrected chi connectivity index (χ1v) is 10.3. The van der Waals surface area contributed by atoms with Gasteiger partial charge in [0.15, 0.2) is 5.13 Å². The van der Waals surface area contributed by atoms with Gasteiger partial charge in [0.1, 0.15) is 17.1 Å². The van der Waals surface area contributed by atoms with E-state index in [4.69, 9.17) is 4.74 Å². The summed E-state index contributed by atoms with van der Waals surface area (Å²) in [7, 11) is 1.62. The zero-order chi connectivity index (χ0) is 19.3. The van der Waals surface area contributed by atoms with Crippen LogP contribution in [0.1, 0.15) is 0 Å². The van der Waals surface area contributed by atoms with Crippen LogP contribution < -0.4 is 10.1 Å². The molecule has 0 atom stereocenters. The Morgan fingerprint density at radius 1 is 1.14 bits per heavy atom. The van der Waals surface area contributed by atoms with Gasteiger partial charge in [0.25, 0.3) is 0 Å². The summed E-state index contributed by atoms with van der Waals surface area (Å²) >= 11 is 2.78. The van der Waals surface area contributed by atoms with Crippen molar-refractivity contribution in [1.82, 2.24) is 15.0 Å². The number of thioether (sulfide) groups is 1. The van der Waals surface area contributed by atoms with Gasteiger partial charge in [-0.25, -0.2) is 15.0 Å². The number of amides is 1. The van der Waals surface area contributed by atoms with Gasteiger partial charge < -0.3 is 10.1 Å². The molecule has 0 fully saturated rings. The third-order valence-electron chi connectivity index (χ3n) is 3.90. The summed E-state index contributed by atoms with van der Waals surface area (Å²) in [5.74, 6) is 0.878. The van der Waals surface area contributed by atoms with Crippen molar-refractivity contribution in [2.75, 3.05) is 18.2 Å². The van der Waals surface area contributed by atoms with Gasteiger partial charge in [-0.2, -0.15) is 0 Å². The second-order valence-electron chi connectivity index (χ2n) is 5.80. The molecule has 2 aromatic heterocycles. The molecule has 140 valence electrons. The summed E-state index contributed by atoms with van der Waals surface area (Å²) in [6, 6.07) is 17.4. The van der Waals surface area contributed by atoms with Gasteiger partial charge in [-0.15, -0.1) is 0 Å². The maximum absolute atomic E-state index is 12.3. The van der Waals surface area contributed by atoms with Crippen LogP contribution in [0, 0.1) is 0 Å². The fourth-order valence-electron chi connectivity index (χ4n) is 2.57. The number of benzene rings is 2. The van der Waals surface area contributed by atoms with Crippen LogP contribution >= 0.6 is 23.1 Å². The first-order chi connectivity index (χ1) is 13.7. The molecule has 0 bridgehead atoms. The first kappa shape index (κ1) is 18.4. The number of carbonyl (C=O) groups excluding carboxylic acids is 1. The lowest BCUT2D eigenvalue weighted by molar-refractivity contribution is -0.113. The lowest BCUT2D eigenvalue weighted by Gasteiger charge is -2.04. The van der Waals surface area contributed by atoms with Crippen LogP contribution in [0.4, 0.5) is 5.13 Å². The molecule has 1 N–H and O–H groups in total. The number of hydrogen-bond donors (Lipinski definition) is 1. The average molecular weight is 409 g/mol. The average Bonchev–Trinajstić information content (AvgIpc) is 3.14. The molecule has 28 heavy (non-hydrogen) atoms. The summed E-state index contributed by atoms with van der Waals surface area (Å²) in [6.45, 7) is 0. The molecule has 0 saturated heterocycles. The molecule has 6 nitrogen and oxygen atoms in total. The van der Waals surface area contributed by atoms with Gasteiger partial charge in [0.05, 0.1) is 28.8 Å². The van der Waals surface area contributed by atoms with E-state index >= 15 is 0 Å². The highest BCUT2D eigenvalue weighted by Crippen LogP contribution is 2.29. The standard InChI is InChI=1S/C20H16N4O2S2/c1-26-14-7-8-15-17(9-14)28-20(23-15)24-18(25)11-27-19-10-16(21-12-22-19)13-5-3-2-4-6-13/h2-10,12H,11H2,1H3,(H,23,24,25). The second-order valence-corrected chi connectivity index (χ2v) is 7.82. The van der Waals surface area contributed by atoms with E-state index in [2.05, 4.69) is 20.3 Å². The monoisotopic (exact) mass is 408 g/mol. The smallest absolute Gasteiger partial charge is 0.236 e. The molecule has 0 radical (unpaired) electrons. The fourth-order valence-corrected chi connectivity index (χ4v) is 4.14. The lowest BCUT2D eigenvalue weighted by Crippen LogP contribution is -2.13. The second kappa shape index (κ2) is 8.37. The van der Waals surface area contributed by atoms with Crippen molar-refractivity contribution in [3.63, 3.8) is 0 Å². The van der Waals surface area contributed by atoms with E-state index in [1.54, 1.807) is 7.11 Å². The number of nitrogens with one attached hydrogen (secondary N) is 1. The topological polar surface area (TPSA) is 77.0 Å². The lowest BCUT2D eigenvalue weighted by atomic mass is 10.1. The Kier molecular flexibility index (Phi) is 5.50. The molecule has 0 aliphatic carbocycles. The molecule has 4 rings (SSSR count). The predicted molar refractivity (Wildman–Crippen MR) is 113 cm³/mol. The predicted octanol–water partition coefficient (Wildman–Crippen LogP) is 4.49. The molecule has 0 unspecified atom stereocenters. The molecule has 1 amide bonds. The van der Waals surface area contributed by atoms with Crippen LogP contribution in [0.2, 0.25) is 0 Å². The van der Waals surface area contributed by atoms with E-state index in [-0.39, 0.29) is 11.7 Å². The van der Waals surface area contributed by atoms with Crippen molar-refractivity contribution in [3.05, 3.63) is 60.9 Å². The minimum absolute atomic E-state index is 0.129. The van der Waals surface area contributed by atoms with Crippen LogP contribution in [-0.4, -0.2) is 33.7 Å². The fraction of sp³-hybridized carbons (Fsp3) is 0.100. The van der Waals surface area contributed by atoms with Crippen molar-refractivity contribution in [3.8, 4) is 17.0 Å². The molecule has 2 aromatic carbocycles. The van der Waals surface area contributed by atoms with Crippen LogP contribution in [0.25, 0.3) is 21.5 Å². The normalized spacial score (nSPS) is 10.8. The Bertz CT molecular complexity index is 1120. The molecule has 0 spiro atoms. The van der Waals surface area contributed by atoms with Crippen LogP contribution in [0.5, 0.6) is 5.75 Å². The maximum Gasteiger partial charge on any atom is 0.236 e. The summed E-state index contributed by atoms with van der Waals surface area (Å²) in [5, 5.41) is 4.17. The zero-order valence-electron chi connectivity index (χ0n) is 15.0. The van der Waals surface area contributed by atoms with Crippen LogP contribution in [0.15, 0.2) is 66.0 Å². The number of anilines is 1. The number of fused-ring (bicyclic) bond motifs is 1. The van der Waals surface area contributed by atoms with Crippen molar-refractivity contribution in [2.45, 2.75) is 5.03 Å². The summed E-state index contributed by atoms with van der Waals surface area (Å²) in [6.07, 6.45) is 1.52. The number of rotatable bonds is 6. The number of thiazole rings is 1. The van der Waals surface area contributed by atoms with Crippen LogP contribution in [-0.2, 0) is 4.79 Å². The number of aromatic nitrogens is 3. The number of hydrogen-bond acceptors (Lipinski definition) is 7. The van der Waals surface area contributed by atoms with E-state index < -0.39 is 0 Å².